The average molecular weight is 511 g/mol. The van der Waals surface area contributed by atoms with Crippen molar-refractivity contribution in [1.29, 1.82) is 5.41 Å². The van der Waals surface area contributed by atoms with E-state index in [-0.39, 0.29) is 55.1 Å². The lowest BCUT2D eigenvalue weighted by atomic mass is 9.81. The molecule has 0 aromatic rings. The van der Waals surface area contributed by atoms with E-state index in [0.29, 0.717) is 13.0 Å². The van der Waals surface area contributed by atoms with Crippen molar-refractivity contribution in [3.63, 3.8) is 0 Å². The summed E-state index contributed by atoms with van der Waals surface area (Å²) in [5.74, 6) is -0.506. The van der Waals surface area contributed by atoms with Gasteiger partial charge in [0.25, 0.3) is 0 Å². The van der Waals surface area contributed by atoms with Crippen LogP contribution in [0, 0.1) is 5.41 Å². The summed E-state index contributed by atoms with van der Waals surface area (Å²) in [6.45, 7) is 5.27. The number of piperidine rings is 3. The molecular weight excluding hydrogens is 469 g/mol. The largest absolute Gasteiger partial charge is 0.481 e. The van der Waals surface area contributed by atoms with Crippen LogP contribution in [0.2, 0.25) is 0 Å². The molecule has 0 amide bonds. The number of halogens is 2. The van der Waals surface area contributed by atoms with Gasteiger partial charge in [-0.1, -0.05) is 6.42 Å². The maximum Gasteiger partial charge on any atom is 0.304 e. The summed E-state index contributed by atoms with van der Waals surface area (Å²) >= 11 is 0. The van der Waals surface area contributed by atoms with Crippen molar-refractivity contribution in [1.82, 2.24) is 14.9 Å². The number of carbonyl (C=O) groups excluding carboxylic acids is 1. The van der Waals surface area contributed by atoms with Gasteiger partial charge < -0.3 is 20.5 Å². The van der Waals surface area contributed by atoms with Crippen LogP contribution in [0.1, 0.15) is 71.1 Å². The van der Waals surface area contributed by atoms with Crippen molar-refractivity contribution in [2.75, 3.05) is 32.8 Å². The van der Waals surface area contributed by atoms with Crippen molar-refractivity contribution >= 4 is 42.5 Å². The Kier molecular flexibility index (Phi) is 12.4. The molecule has 11 heteroatoms. The molecule has 0 aromatic carbocycles. The summed E-state index contributed by atoms with van der Waals surface area (Å²) < 4.78 is 6.19. The summed E-state index contributed by atoms with van der Waals surface area (Å²) in [7, 11) is 0. The Labute approximate surface area is 209 Å². The lowest BCUT2D eigenvalue weighted by Crippen LogP contribution is -2.66. The van der Waals surface area contributed by atoms with E-state index in [4.69, 9.17) is 15.9 Å². The number of carboxylic acid groups (broad SMARTS) is 1. The van der Waals surface area contributed by atoms with Crippen LogP contribution in [-0.2, 0) is 14.3 Å². The Morgan fingerprint density at radius 1 is 1.06 bits per heavy atom. The molecule has 9 nitrogen and oxygen atoms in total. The van der Waals surface area contributed by atoms with Gasteiger partial charge in [-0.2, -0.15) is 0 Å². The molecule has 3 aliphatic heterocycles. The number of hydrazine groups is 1. The van der Waals surface area contributed by atoms with E-state index in [0.717, 1.165) is 77.5 Å². The van der Waals surface area contributed by atoms with Crippen LogP contribution >= 0.6 is 24.8 Å². The Morgan fingerprint density at radius 3 is 2.33 bits per heavy atom. The van der Waals surface area contributed by atoms with E-state index < -0.39 is 11.5 Å². The number of hydrogen-bond acceptors (Lipinski definition) is 6. The standard InChI is InChI=1S/C22H39N5O4.2ClH/c1-17(28)22(10-15-31-19-7-13-25(14-8-19)21(23)24)9-3-5-12-27(22)26-11-4-2-6-18(26)16-20(29)30;;/h18-19H,2-16H2,1H3,(H3,23,24)(H,29,30);2*1H/t18?,22-;;/m0../s1. The molecule has 3 heterocycles. The van der Waals surface area contributed by atoms with Gasteiger partial charge in [-0.3, -0.25) is 15.0 Å². The number of likely N-dealkylation sites (tertiary alicyclic amines) is 1. The molecule has 3 rings (SSSR count). The van der Waals surface area contributed by atoms with Gasteiger partial charge in [0.15, 0.2) is 11.7 Å². The molecule has 0 bridgehead atoms. The van der Waals surface area contributed by atoms with Gasteiger partial charge in [0.1, 0.15) is 0 Å². The van der Waals surface area contributed by atoms with E-state index in [1.807, 2.05) is 4.90 Å². The van der Waals surface area contributed by atoms with Crippen LogP contribution in [-0.4, -0.2) is 88.2 Å². The van der Waals surface area contributed by atoms with Crippen molar-refractivity contribution in [2.24, 2.45) is 5.73 Å². The summed E-state index contributed by atoms with van der Waals surface area (Å²) in [4.78, 5) is 26.3. The number of carboxylic acids is 1. The fourth-order valence-corrected chi connectivity index (χ4v) is 5.55. The fraction of sp³-hybridized carbons (Fsp3) is 0.864. The number of ether oxygens (including phenoxy) is 1. The molecule has 3 saturated heterocycles. The molecule has 3 fully saturated rings. The smallest absolute Gasteiger partial charge is 0.304 e. The Morgan fingerprint density at radius 2 is 1.73 bits per heavy atom. The number of nitrogens with two attached hydrogens (primary N) is 1. The van der Waals surface area contributed by atoms with Crippen LogP contribution in [0.5, 0.6) is 0 Å². The van der Waals surface area contributed by atoms with E-state index >= 15 is 0 Å². The zero-order valence-electron chi connectivity index (χ0n) is 19.7. The van der Waals surface area contributed by atoms with Gasteiger partial charge in [0.2, 0.25) is 0 Å². The lowest BCUT2D eigenvalue weighted by molar-refractivity contribution is -0.183. The first-order valence-corrected chi connectivity index (χ1v) is 11.8. The number of nitrogens with one attached hydrogen (secondary N) is 1. The quantitative estimate of drug-likeness (QED) is 0.337. The molecule has 4 N–H and O–H groups in total. The number of ketones is 1. The Bertz CT molecular complexity index is 663. The van der Waals surface area contributed by atoms with Gasteiger partial charge in [-0.05, 0) is 58.3 Å². The molecule has 3 aliphatic rings. The molecule has 0 radical (unpaired) electrons. The SMILES string of the molecule is CC(=O)[C@@]1(CCOC2CCN(C(=N)N)CC2)CCCCN1N1CCCCC1CC(=O)O.Cl.Cl. The normalized spacial score (nSPS) is 27.3. The molecule has 33 heavy (non-hydrogen) atoms. The first-order chi connectivity index (χ1) is 14.8. The molecule has 2 atom stereocenters. The molecule has 0 spiro atoms. The highest BCUT2D eigenvalue weighted by Gasteiger charge is 2.47. The van der Waals surface area contributed by atoms with E-state index in [2.05, 4.69) is 10.0 Å². The number of Topliss-reactive ketones (excluding diaryl/α,β-unsaturated/α-hetero) is 1. The Balaban J connectivity index is 0.00000272. The van der Waals surface area contributed by atoms with Gasteiger partial charge in [-0.15, -0.1) is 24.8 Å². The van der Waals surface area contributed by atoms with Gasteiger partial charge >= 0.3 is 5.97 Å². The lowest BCUT2D eigenvalue weighted by Gasteiger charge is -2.54. The maximum atomic E-state index is 13.0. The third-order valence-electron chi connectivity index (χ3n) is 7.33. The van der Waals surface area contributed by atoms with E-state index in [1.165, 1.54) is 0 Å². The zero-order chi connectivity index (χ0) is 22.4. The highest BCUT2D eigenvalue weighted by molar-refractivity contribution is 5.86. The first kappa shape index (κ1) is 29.9. The number of nitrogens with zero attached hydrogens (tertiary/aromatic N) is 3. The van der Waals surface area contributed by atoms with Crippen molar-refractivity contribution in [3.8, 4) is 0 Å². The molecule has 0 aliphatic carbocycles. The van der Waals surface area contributed by atoms with Crippen LogP contribution in [0.15, 0.2) is 0 Å². The van der Waals surface area contributed by atoms with Crippen LogP contribution in [0.4, 0.5) is 0 Å². The number of guanidine groups is 1. The Hall–Kier alpha value is -1.13. The summed E-state index contributed by atoms with van der Waals surface area (Å²) in [6.07, 6.45) is 8.32. The zero-order valence-corrected chi connectivity index (χ0v) is 21.3. The van der Waals surface area contributed by atoms with Crippen molar-refractivity contribution in [3.05, 3.63) is 0 Å². The number of carbonyl (C=O) groups is 2. The predicted molar refractivity (Wildman–Crippen MR) is 132 cm³/mol. The molecular formula is C22H41Cl2N5O4. The third kappa shape index (κ3) is 7.42. The molecule has 0 saturated carbocycles. The summed E-state index contributed by atoms with van der Waals surface area (Å²) in [5, 5.41) is 21.4. The molecule has 192 valence electrons. The molecule has 0 aromatic heterocycles. The fourth-order valence-electron chi connectivity index (χ4n) is 5.55. The van der Waals surface area contributed by atoms with Crippen LogP contribution in [0.3, 0.4) is 0 Å². The van der Waals surface area contributed by atoms with E-state index in [1.54, 1.807) is 6.92 Å². The third-order valence-corrected chi connectivity index (χ3v) is 7.33. The maximum absolute atomic E-state index is 13.0. The van der Waals surface area contributed by atoms with Gasteiger partial charge in [-0.25, -0.2) is 10.0 Å². The van der Waals surface area contributed by atoms with Gasteiger partial charge in [0.05, 0.1) is 18.1 Å². The number of rotatable bonds is 8. The second-order valence-corrected chi connectivity index (χ2v) is 9.27. The highest BCUT2D eigenvalue weighted by atomic mass is 35.5. The summed E-state index contributed by atoms with van der Waals surface area (Å²) in [5.41, 5.74) is 4.97. The topological polar surface area (TPSA) is 123 Å². The molecule has 1 unspecified atom stereocenters. The van der Waals surface area contributed by atoms with Crippen LogP contribution < -0.4 is 5.73 Å². The monoisotopic (exact) mass is 509 g/mol. The first-order valence-electron chi connectivity index (χ1n) is 11.8. The number of hydrogen-bond donors (Lipinski definition) is 3. The van der Waals surface area contributed by atoms with Crippen molar-refractivity contribution < 1.29 is 19.4 Å². The van der Waals surface area contributed by atoms with E-state index in [9.17, 15) is 14.7 Å². The average Bonchev–Trinajstić information content (AvgIpc) is 2.74. The highest BCUT2D eigenvalue weighted by Crippen LogP contribution is 2.37. The van der Waals surface area contributed by atoms with Crippen LogP contribution in [0.25, 0.3) is 0 Å². The van der Waals surface area contributed by atoms with Crippen molar-refractivity contribution in [2.45, 2.75) is 88.8 Å². The minimum absolute atomic E-state index is 0. The predicted octanol–water partition coefficient (Wildman–Crippen LogP) is 2.65. The summed E-state index contributed by atoms with van der Waals surface area (Å²) in [6, 6.07) is -0.0418. The second kappa shape index (κ2) is 13.7. The van der Waals surface area contributed by atoms with Gasteiger partial charge in [0, 0.05) is 38.8 Å². The minimum Gasteiger partial charge on any atom is -0.481 e. The second-order valence-electron chi connectivity index (χ2n) is 9.27. The number of aliphatic carboxylic acids is 1. The minimum atomic E-state index is -0.775.